The van der Waals surface area contributed by atoms with Crippen LogP contribution in [0.3, 0.4) is 0 Å². The lowest BCUT2D eigenvalue weighted by Gasteiger charge is -2.12. The molecule has 2 aromatic heterocycles. The number of quaternary nitrogens is 1. The molecule has 8 heteroatoms. The van der Waals surface area contributed by atoms with Gasteiger partial charge in [-0.15, -0.1) is 0 Å². The Kier molecular flexibility index (Phi) is 6.70. The summed E-state index contributed by atoms with van der Waals surface area (Å²) in [7, 11) is 1.90. The molecule has 26 heavy (non-hydrogen) atoms. The lowest BCUT2D eigenvalue weighted by atomic mass is 10.1. The predicted octanol–water partition coefficient (Wildman–Crippen LogP) is 1.68. The number of ketones is 1. The Bertz CT molecular complexity index is 795. The van der Waals surface area contributed by atoms with E-state index in [9.17, 15) is 14.4 Å². The quantitative estimate of drug-likeness (QED) is 0.538. The Morgan fingerprint density at radius 2 is 2.04 bits per heavy atom. The minimum atomic E-state index is -0.691. The van der Waals surface area contributed by atoms with Crippen molar-refractivity contribution < 1.29 is 28.4 Å². The van der Waals surface area contributed by atoms with Gasteiger partial charge < -0.3 is 14.1 Å². The third-order valence-electron chi connectivity index (χ3n) is 3.72. The van der Waals surface area contributed by atoms with E-state index in [1.54, 1.807) is 25.2 Å². The van der Waals surface area contributed by atoms with E-state index in [4.69, 9.17) is 9.15 Å². The van der Waals surface area contributed by atoms with Gasteiger partial charge in [0.1, 0.15) is 17.9 Å². The molecule has 0 radical (unpaired) electrons. The van der Waals surface area contributed by atoms with Crippen molar-refractivity contribution in [2.45, 2.75) is 27.3 Å². The zero-order valence-electron chi connectivity index (χ0n) is 15.3. The number of amides is 1. The number of thiophene rings is 1. The number of rotatable bonds is 8. The first-order chi connectivity index (χ1) is 12.3. The third kappa shape index (κ3) is 4.80. The summed E-state index contributed by atoms with van der Waals surface area (Å²) in [5.41, 5.74) is 1.26. The van der Waals surface area contributed by atoms with Crippen LogP contribution in [0.4, 0.5) is 5.88 Å². The van der Waals surface area contributed by atoms with E-state index in [1.165, 1.54) is 6.92 Å². The number of hydrogen-bond donors (Lipinski definition) is 2. The van der Waals surface area contributed by atoms with Gasteiger partial charge in [-0.3, -0.25) is 14.9 Å². The van der Waals surface area contributed by atoms with Crippen molar-refractivity contribution in [3.8, 4) is 0 Å². The van der Waals surface area contributed by atoms with E-state index in [-0.39, 0.29) is 47.6 Å². The van der Waals surface area contributed by atoms with E-state index in [1.807, 2.05) is 23.9 Å². The molecule has 0 aliphatic rings. The molecular formula is C18H23N2O5S+. The Morgan fingerprint density at radius 1 is 1.31 bits per heavy atom. The van der Waals surface area contributed by atoms with E-state index < -0.39 is 5.97 Å². The highest BCUT2D eigenvalue weighted by atomic mass is 32.1. The minimum absolute atomic E-state index is 0.0271. The van der Waals surface area contributed by atoms with Gasteiger partial charge in [0.25, 0.3) is 5.91 Å². The van der Waals surface area contributed by atoms with Crippen LogP contribution in [0.1, 0.15) is 45.9 Å². The molecule has 0 saturated heterocycles. The molecule has 0 bridgehead atoms. The first-order valence-electron chi connectivity index (χ1n) is 8.27. The van der Waals surface area contributed by atoms with Crippen LogP contribution in [0.15, 0.2) is 21.2 Å². The van der Waals surface area contributed by atoms with Crippen LogP contribution in [0, 0.1) is 6.92 Å². The zero-order chi connectivity index (χ0) is 19.3. The summed E-state index contributed by atoms with van der Waals surface area (Å²) >= 11 is 1.61. The second kappa shape index (κ2) is 8.77. The van der Waals surface area contributed by atoms with Crippen LogP contribution < -0.4 is 10.2 Å². The number of likely N-dealkylation sites (N-methyl/N-ethyl adjacent to an activating group) is 1. The van der Waals surface area contributed by atoms with Crippen LogP contribution in [-0.4, -0.2) is 37.9 Å². The summed E-state index contributed by atoms with van der Waals surface area (Å²) in [4.78, 5) is 37.4. The van der Waals surface area contributed by atoms with Crippen molar-refractivity contribution in [3.05, 3.63) is 39.3 Å². The zero-order valence-corrected chi connectivity index (χ0v) is 16.1. The third-order valence-corrected chi connectivity index (χ3v) is 4.45. The average molecular weight is 379 g/mol. The van der Waals surface area contributed by atoms with Crippen LogP contribution in [0.25, 0.3) is 0 Å². The van der Waals surface area contributed by atoms with Crippen LogP contribution in [0.5, 0.6) is 0 Å². The fourth-order valence-corrected chi connectivity index (χ4v) is 3.37. The van der Waals surface area contributed by atoms with Crippen molar-refractivity contribution in [2.75, 3.05) is 25.5 Å². The number of carbonyl (C=O) groups excluding carboxylic acids is 3. The van der Waals surface area contributed by atoms with Gasteiger partial charge >= 0.3 is 5.97 Å². The summed E-state index contributed by atoms with van der Waals surface area (Å²) in [6.07, 6.45) is 0. The minimum Gasteiger partial charge on any atom is -0.462 e. The molecule has 1 atom stereocenters. The molecule has 2 heterocycles. The molecule has 0 fully saturated rings. The van der Waals surface area contributed by atoms with Crippen molar-refractivity contribution in [1.82, 2.24) is 0 Å². The van der Waals surface area contributed by atoms with Crippen molar-refractivity contribution in [3.63, 3.8) is 0 Å². The normalized spacial score (nSPS) is 11.8. The summed E-state index contributed by atoms with van der Waals surface area (Å²) in [5.74, 6) is -1.10. The number of furan rings is 1. The maximum Gasteiger partial charge on any atom is 0.344 e. The standard InChI is InChI=1S/C18H22N2O5S/c1-5-24-18(23)16-15(11(2)21)12(3)25-17(16)19-14(22)9-20(4)8-13-6-7-26-10-13/h6-7,10H,5,8-9H2,1-4H3,(H,19,22)/p+1. The number of aryl methyl sites for hydroxylation is 1. The summed E-state index contributed by atoms with van der Waals surface area (Å²) in [6.45, 7) is 5.62. The van der Waals surface area contributed by atoms with Crippen LogP contribution >= 0.6 is 11.3 Å². The van der Waals surface area contributed by atoms with E-state index in [0.717, 1.165) is 10.5 Å². The highest BCUT2D eigenvalue weighted by Gasteiger charge is 2.29. The number of nitrogens with one attached hydrogen (secondary N) is 2. The first kappa shape index (κ1) is 19.9. The molecule has 2 aromatic rings. The largest absolute Gasteiger partial charge is 0.462 e. The van der Waals surface area contributed by atoms with Gasteiger partial charge in [-0.1, -0.05) is 0 Å². The van der Waals surface area contributed by atoms with Gasteiger partial charge in [0.2, 0.25) is 5.88 Å². The summed E-state index contributed by atoms with van der Waals surface area (Å²) < 4.78 is 10.5. The molecule has 0 saturated carbocycles. The number of Topliss-reactive ketones (excluding diaryl/α,β-unsaturated/α-hetero) is 1. The fourth-order valence-electron chi connectivity index (χ4n) is 2.70. The monoisotopic (exact) mass is 379 g/mol. The molecule has 0 aliphatic heterocycles. The van der Waals surface area contributed by atoms with E-state index in [2.05, 4.69) is 5.32 Å². The number of anilines is 1. The Morgan fingerprint density at radius 3 is 2.62 bits per heavy atom. The Balaban J connectivity index is 2.14. The molecule has 0 spiro atoms. The van der Waals surface area contributed by atoms with E-state index in [0.29, 0.717) is 6.54 Å². The maximum absolute atomic E-state index is 12.3. The second-order valence-electron chi connectivity index (χ2n) is 6.00. The van der Waals surface area contributed by atoms with Gasteiger partial charge in [-0.2, -0.15) is 11.3 Å². The molecule has 0 aliphatic carbocycles. The molecule has 1 amide bonds. The molecular weight excluding hydrogens is 356 g/mol. The number of hydrogen-bond acceptors (Lipinski definition) is 6. The fraction of sp³-hybridized carbons (Fsp3) is 0.389. The topological polar surface area (TPSA) is 90.0 Å². The molecule has 2 rings (SSSR count). The molecule has 0 aromatic carbocycles. The predicted molar refractivity (Wildman–Crippen MR) is 97.8 cm³/mol. The first-order valence-corrected chi connectivity index (χ1v) is 9.21. The van der Waals surface area contributed by atoms with Crippen molar-refractivity contribution in [1.29, 1.82) is 0 Å². The Hall–Kier alpha value is -2.45. The number of ether oxygens (including phenoxy) is 1. The number of esters is 1. The summed E-state index contributed by atoms with van der Waals surface area (Å²) in [6, 6.07) is 2.01. The molecule has 140 valence electrons. The second-order valence-corrected chi connectivity index (χ2v) is 6.78. The van der Waals surface area contributed by atoms with Crippen LogP contribution in [-0.2, 0) is 16.1 Å². The SMILES string of the molecule is CCOC(=O)c1c(NC(=O)C[NH+](C)Cc2ccsc2)oc(C)c1C(C)=O. The van der Waals surface area contributed by atoms with E-state index >= 15 is 0 Å². The average Bonchev–Trinajstić information content (AvgIpc) is 3.14. The van der Waals surface area contributed by atoms with Crippen molar-refractivity contribution in [2.24, 2.45) is 0 Å². The van der Waals surface area contributed by atoms with Crippen molar-refractivity contribution >= 4 is 34.9 Å². The summed E-state index contributed by atoms with van der Waals surface area (Å²) in [5, 5.41) is 6.63. The van der Waals surface area contributed by atoms with Gasteiger partial charge in [-0.05, 0) is 37.6 Å². The maximum atomic E-state index is 12.3. The highest BCUT2D eigenvalue weighted by Crippen LogP contribution is 2.28. The lowest BCUT2D eigenvalue weighted by Crippen LogP contribution is -3.08. The lowest BCUT2D eigenvalue weighted by molar-refractivity contribution is -0.885. The van der Waals surface area contributed by atoms with Gasteiger partial charge in [0, 0.05) is 5.56 Å². The smallest absolute Gasteiger partial charge is 0.344 e. The van der Waals surface area contributed by atoms with Crippen LogP contribution in [0.2, 0.25) is 0 Å². The van der Waals surface area contributed by atoms with Gasteiger partial charge in [0.05, 0.1) is 19.2 Å². The molecule has 1 unspecified atom stereocenters. The molecule has 7 nitrogen and oxygen atoms in total. The highest BCUT2D eigenvalue weighted by molar-refractivity contribution is 7.07. The van der Waals surface area contributed by atoms with Gasteiger partial charge in [-0.25, -0.2) is 4.79 Å². The number of carbonyl (C=O) groups is 3. The molecule has 2 N–H and O–H groups in total. The van der Waals surface area contributed by atoms with Gasteiger partial charge in [0.15, 0.2) is 12.3 Å². The Labute approximate surface area is 155 Å².